The van der Waals surface area contributed by atoms with Crippen molar-refractivity contribution >= 4 is 81.2 Å². The van der Waals surface area contributed by atoms with E-state index in [-0.39, 0.29) is 48.6 Å². The lowest BCUT2D eigenvalue weighted by atomic mass is 10.1. The third-order valence-corrected chi connectivity index (χ3v) is 8.23. The Morgan fingerprint density at radius 3 is 1.83 bits per heavy atom. The molecule has 2 amide bonds. The summed E-state index contributed by atoms with van der Waals surface area (Å²) in [4.78, 5) is 35.5. The van der Waals surface area contributed by atoms with Gasteiger partial charge in [0.05, 0.1) is 13.1 Å². The predicted molar refractivity (Wildman–Crippen MR) is 183 cm³/mol. The lowest BCUT2D eigenvalue weighted by molar-refractivity contribution is -0.131. The van der Waals surface area contributed by atoms with Gasteiger partial charge >= 0.3 is 0 Å². The number of nitrogens with zero attached hydrogens (tertiary/aromatic N) is 4. The maximum absolute atomic E-state index is 14.0. The molecule has 5 rings (SSSR count). The number of benzene rings is 2. The first-order chi connectivity index (χ1) is 22.0. The number of anilines is 4. The monoisotopic (exact) mass is 713 g/mol. The second-order valence-electron chi connectivity index (χ2n) is 11.0. The van der Waals surface area contributed by atoms with Gasteiger partial charge in [-0.05, 0) is 62.1 Å². The zero-order valence-corrected chi connectivity index (χ0v) is 27.9. The van der Waals surface area contributed by atoms with E-state index in [0.717, 1.165) is 37.9 Å². The van der Waals surface area contributed by atoms with Crippen molar-refractivity contribution in [2.75, 3.05) is 61.0 Å². The number of carbonyl (C=O) groups excluding carboxylic acids is 2. The number of nitrogens with two attached hydrogens (primary N) is 2. The fourth-order valence-electron chi connectivity index (χ4n) is 5.13. The summed E-state index contributed by atoms with van der Waals surface area (Å²) >= 11 is 23.7. The molecule has 2 atom stereocenters. The smallest absolute Gasteiger partial charge is 0.241 e. The van der Waals surface area contributed by atoms with Crippen LogP contribution in [-0.2, 0) is 9.59 Å². The number of piperidine rings is 2. The summed E-state index contributed by atoms with van der Waals surface area (Å²) in [6, 6.07) is 10.1. The Morgan fingerprint density at radius 1 is 0.804 bits per heavy atom. The van der Waals surface area contributed by atoms with E-state index < -0.39 is 5.82 Å². The number of hydrogen-bond acceptors (Lipinski definition) is 9. The number of hydrogen-bond donors (Lipinski definition) is 5. The van der Waals surface area contributed by atoms with Gasteiger partial charge < -0.3 is 37.2 Å². The van der Waals surface area contributed by atoms with Crippen molar-refractivity contribution in [2.24, 2.45) is 5.73 Å². The minimum absolute atomic E-state index is 0.0475. The molecule has 2 saturated heterocycles. The molecule has 3 aromatic rings. The third kappa shape index (κ3) is 10.9. The van der Waals surface area contributed by atoms with E-state index in [0.29, 0.717) is 45.4 Å². The first kappa shape index (κ1) is 35.6. The van der Waals surface area contributed by atoms with Crippen LogP contribution in [0.25, 0.3) is 0 Å². The molecule has 1 aromatic heterocycles. The normalized spacial score (nSPS) is 17.9. The first-order valence-electron chi connectivity index (χ1n) is 14.7. The van der Waals surface area contributed by atoms with Crippen molar-refractivity contribution < 1.29 is 14.0 Å². The van der Waals surface area contributed by atoms with Crippen LogP contribution in [0.15, 0.2) is 42.7 Å². The maximum Gasteiger partial charge on any atom is 0.241 e. The van der Waals surface area contributed by atoms with Gasteiger partial charge in [0.2, 0.25) is 17.6 Å². The van der Waals surface area contributed by atoms with Crippen LogP contribution < -0.4 is 27.4 Å². The van der Waals surface area contributed by atoms with E-state index >= 15 is 0 Å². The van der Waals surface area contributed by atoms with Crippen molar-refractivity contribution in [3.8, 4) is 0 Å². The number of rotatable bonds is 8. The fourth-order valence-corrected chi connectivity index (χ4v) is 6.18. The van der Waals surface area contributed by atoms with Crippen molar-refractivity contribution in [3.05, 3.63) is 68.6 Å². The maximum atomic E-state index is 14.0. The van der Waals surface area contributed by atoms with Crippen LogP contribution in [0.3, 0.4) is 0 Å². The molecule has 2 aromatic carbocycles. The highest BCUT2D eigenvalue weighted by atomic mass is 35.5. The summed E-state index contributed by atoms with van der Waals surface area (Å²) in [7, 11) is 0. The van der Waals surface area contributed by atoms with E-state index in [1.54, 1.807) is 46.2 Å². The molecule has 2 unspecified atom stereocenters. The molecule has 0 aliphatic carbocycles. The van der Waals surface area contributed by atoms with Gasteiger partial charge in [-0.25, -0.2) is 9.97 Å². The van der Waals surface area contributed by atoms with Crippen LogP contribution in [-0.4, -0.2) is 82.9 Å². The number of carbonyl (C=O) groups is 2. The van der Waals surface area contributed by atoms with Gasteiger partial charge in [-0.1, -0.05) is 46.4 Å². The van der Waals surface area contributed by atoms with E-state index in [2.05, 4.69) is 25.9 Å². The van der Waals surface area contributed by atoms with Crippen LogP contribution in [0.5, 0.6) is 0 Å². The molecule has 0 bridgehead atoms. The summed E-state index contributed by atoms with van der Waals surface area (Å²) in [5.41, 5.74) is 12.7. The zero-order chi connectivity index (χ0) is 33.2. The van der Waals surface area contributed by atoms with Gasteiger partial charge in [0, 0.05) is 69.7 Å². The van der Waals surface area contributed by atoms with E-state index in [4.69, 9.17) is 57.9 Å². The van der Waals surface area contributed by atoms with Crippen LogP contribution in [0.4, 0.5) is 27.4 Å². The summed E-state index contributed by atoms with van der Waals surface area (Å²) in [5, 5.41) is 11.1. The SMILES string of the molecule is NC1CCCN(C(=O)CNc2cc(Cl)cc(Cl)c2)C1.Nc1ncnc(NC2CCCN(C(=O)CNc3cc(Cl)cc(Cl)c3)C2)c1F. The molecule has 2 fully saturated rings. The number of nitrogens with one attached hydrogen (secondary N) is 3. The minimum atomic E-state index is -0.680. The van der Waals surface area contributed by atoms with Gasteiger partial charge in [0.15, 0.2) is 11.6 Å². The fraction of sp³-hybridized carbons (Fsp3) is 0.400. The number of nitrogen functional groups attached to an aromatic ring is 1. The van der Waals surface area contributed by atoms with Gasteiger partial charge in [0.1, 0.15) is 6.33 Å². The van der Waals surface area contributed by atoms with Crippen molar-refractivity contribution in [2.45, 2.75) is 37.8 Å². The Morgan fingerprint density at radius 2 is 1.30 bits per heavy atom. The average Bonchev–Trinajstić information content (AvgIpc) is 3.00. The molecule has 3 heterocycles. The molecule has 46 heavy (non-hydrogen) atoms. The Hall–Kier alpha value is -3.29. The number of amides is 2. The molecule has 2 aliphatic rings. The van der Waals surface area contributed by atoms with E-state index in [1.165, 1.54) is 6.33 Å². The lowest BCUT2D eigenvalue weighted by Gasteiger charge is -2.33. The third-order valence-electron chi connectivity index (χ3n) is 7.35. The van der Waals surface area contributed by atoms with Crippen molar-refractivity contribution in [1.29, 1.82) is 0 Å². The highest BCUT2D eigenvalue weighted by Crippen LogP contribution is 2.24. The number of halogens is 5. The second-order valence-corrected chi connectivity index (χ2v) is 12.8. The molecule has 0 radical (unpaired) electrons. The largest absolute Gasteiger partial charge is 0.381 e. The highest BCUT2D eigenvalue weighted by Gasteiger charge is 2.25. The topological polar surface area (TPSA) is 155 Å². The number of aromatic nitrogens is 2. The molecule has 7 N–H and O–H groups in total. The van der Waals surface area contributed by atoms with Gasteiger partial charge in [-0.3, -0.25) is 9.59 Å². The molecule has 2 aliphatic heterocycles. The number of likely N-dealkylation sites (tertiary alicyclic amines) is 2. The van der Waals surface area contributed by atoms with E-state index in [1.807, 2.05) is 0 Å². The van der Waals surface area contributed by atoms with Gasteiger partial charge in [-0.15, -0.1) is 0 Å². The summed E-state index contributed by atoms with van der Waals surface area (Å²) < 4.78 is 14.0. The average molecular weight is 715 g/mol. The second kappa shape index (κ2) is 17.0. The molecule has 16 heteroatoms. The molecule has 0 saturated carbocycles. The summed E-state index contributed by atoms with van der Waals surface area (Å²) in [6.45, 7) is 2.84. The van der Waals surface area contributed by atoms with Crippen LogP contribution in [0.1, 0.15) is 25.7 Å². The molecule has 0 spiro atoms. The summed E-state index contributed by atoms with van der Waals surface area (Å²) in [6.07, 6.45) is 4.75. The lowest BCUT2D eigenvalue weighted by Crippen LogP contribution is -2.47. The Kier molecular flexibility index (Phi) is 13.2. The highest BCUT2D eigenvalue weighted by molar-refractivity contribution is 6.35. The molecule has 11 nitrogen and oxygen atoms in total. The minimum Gasteiger partial charge on any atom is -0.381 e. The Balaban J connectivity index is 0.000000222. The molecule has 248 valence electrons. The Bertz CT molecular complexity index is 1480. The first-order valence-corrected chi connectivity index (χ1v) is 16.2. The van der Waals surface area contributed by atoms with Crippen molar-refractivity contribution in [3.63, 3.8) is 0 Å². The van der Waals surface area contributed by atoms with Crippen molar-refractivity contribution in [1.82, 2.24) is 19.8 Å². The van der Waals surface area contributed by atoms with Gasteiger partial charge in [-0.2, -0.15) is 4.39 Å². The van der Waals surface area contributed by atoms with Crippen LogP contribution in [0.2, 0.25) is 20.1 Å². The Labute approximate surface area is 287 Å². The van der Waals surface area contributed by atoms with Gasteiger partial charge in [0.25, 0.3) is 0 Å². The van der Waals surface area contributed by atoms with Crippen LogP contribution >= 0.6 is 46.4 Å². The standard InChI is InChI=1S/C17H19Cl2FN6O.C13H17Cl2N3O/c18-10-4-11(19)6-13(5-10)22-7-14(27)26-3-1-2-12(8-26)25-17-15(20)16(21)23-9-24-17;14-9-4-10(15)6-12(5-9)17-7-13(19)18-3-1-2-11(16)8-18/h4-6,9,12,22H,1-3,7-8H2,(H3,21,23,24,25);4-6,11,17H,1-3,7-8,16H2. The van der Waals surface area contributed by atoms with E-state index in [9.17, 15) is 14.0 Å². The molecular formula is C30H36Cl4FN9O2. The quantitative estimate of drug-likeness (QED) is 0.207. The summed E-state index contributed by atoms with van der Waals surface area (Å²) in [5.74, 6) is -0.860. The van der Waals surface area contributed by atoms with Crippen LogP contribution in [0, 0.1) is 5.82 Å². The predicted octanol–water partition coefficient (Wildman–Crippen LogP) is 5.37. The molecular weight excluding hydrogens is 679 g/mol. The zero-order valence-electron chi connectivity index (χ0n) is 24.9.